The Hall–Kier alpha value is -3.34. The van der Waals surface area contributed by atoms with Crippen LogP contribution in [0.2, 0.25) is 0 Å². The van der Waals surface area contributed by atoms with E-state index in [0.29, 0.717) is 17.8 Å². The molecule has 5 heteroatoms. The Morgan fingerprint density at radius 1 is 1.13 bits per heavy atom. The van der Waals surface area contributed by atoms with Crippen LogP contribution in [0.5, 0.6) is 5.75 Å². The molecule has 2 aromatic rings. The van der Waals surface area contributed by atoms with E-state index in [1.54, 1.807) is 12.0 Å². The van der Waals surface area contributed by atoms with Crippen molar-refractivity contribution in [2.24, 2.45) is 0 Å². The second-order valence-corrected chi connectivity index (χ2v) is 7.38. The highest BCUT2D eigenvalue weighted by atomic mass is 16.5. The Balaban J connectivity index is 1.98. The van der Waals surface area contributed by atoms with Gasteiger partial charge in [0.25, 0.3) is 0 Å². The molecule has 2 aromatic carbocycles. The quantitative estimate of drug-likeness (QED) is 0.502. The summed E-state index contributed by atoms with van der Waals surface area (Å²) in [7, 11) is 1.61. The maximum Gasteiger partial charge on any atom is 0.336 e. The summed E-state index contributed by atoms with van der Waals surface area (Å²) in [5.74, 6) is -0.00832. The van der Waals surface area contributed by atoms with E-state index in [2.05, 4.69) is 6.58 Å². The summed E-state index contributed by atoms with van der Waals surface area (Å²) in [5.41, 5.74) is 4.16. The molecule has 0 saturated carbocycles. The van der Waals surface area contributed by atoms with Crippen molar-refractivity contribution in [2.45, 2.75) is 32.7 Å². The lowest BCUT2D eigenvalue weighted by Gasteiger charge is -2.34. The van der Waals surface area contributed by atoms with E-state index in [4.69, 9.17) is 9.47 Å². The summed E-state index contributed by atoms with van der Waals surface area (Å²) < 4.78 is 10.6. The molecule has 1 amide bonds. The Morgan fingerprint density at radius 2 is 1.80 bits per heavy atom. The van der Waals surface area contributed by atoms with Crippen LogP contribution < -0.4 is 4.74 Å². The van der Waals surface area contributed by atoms with Crippen LogP contribution >= 0.6 is 0 Å². The number of aryl methyl sites for hydroxylation is 1. The topological polar surface area (TPSA) is 55.8 Å². The fraction of sp³-hybridized carbons (Fsp3) is 0.280. The molecule has 0 unspecified atom stereocenters. The lowest BCUT2D eigenvalue weighted by molar-refractivity contribution is -0.139. The Bertz CT molecular complexity index is 958. The fourth-order valence-corrected chi connectivity index (χ4v) is 3.68. The van der Waals surface area contributed by atoms with Crippen LogP contribution in [-0.4, -0.2) is 30.5 Å². The molecular weight excluding hydrogens is 378 g/mol. The van der Waals surface area contributed by atoms with Crippen molar-refractivity contribution in [3.8, 4) is 5.75 Å². The molecule has 1 aliphatic heterocycles. The van der Waals surface area contributed by atoms with Crippen LogP contribution in [0.25, 0.3) is 0 Å². The van der Waals surface area contributed by atoms with Crippen molar-refractivity contribution in [1.29, 1.82) is 0 Å². The van der Waals surface area contributed by atoms with Gasteiger partial charge in [-0.2, -0.15) is 0 Å². The van der Waals surface area contributed by atoms with Gasteiger partial charge in [-0.25, -0.2) is 4.79 Å². The summed E-state index contributed by atoms with van der Waals surface area (Å²) in [6, 6.07) is 15.5. The first kappa shape index (κ1) is 21.4. The van der Waals surface area contributed by atoms with Crippen molar-refractivity contribution < 1.29 is 19.1 Å². The average Bonchev–Trinajstić information content (AvgIpc) is 2.75. The van der Waals surface area contributed by atoms with Gasteiger partial charge in [-0.15, -0.1) is 0 Å². The highest BCUT2D eigenvalue weighted by Gasteiger charge is 2.36. The van der Waals surface area contributed by atoms with Crippen LogP contribution in [-0.2, 0) is 20.9 Å². The van der Waals surface area contributed by atoms with E-state index in [0.717, 1.165) is 22.4 Å². The minimum Gasteiger partial charge on any atom is -0.497 e. The number of amides is 1. The number of nitrogens with zero attached hydrogens (tertiary/aromatic N) is 1. The molecule has 3 rings (SSSR count). The summed E-state index contributed by atoms with van der Waals surface area (Å²) in [5, 5.41) is 0. The lowest BCUT2D eigenvalue weighted by Crippen LogP contribution is -2.38. The summed E-state index contributed by atoms with van der Waals surface area (Å²) in [6.07, 6.45) is 1.76. The predicted molar refractivity (Wildman–Crippen MR) is 116 cm³/mol. The van der Waals surface area contributed by atoms with Crippen LogP contribution in [0.1, 0.15) is 36.0 Å². The zero-order valence-electron chi connectivity index (χ0n) is 17.7. The Morgan fingerprint density at radius 3 is 2.40 bits per heavy atom. The third-order valence-corrected chi connectivity index (χ3v) is 5.35. The maximum atomic E-state index is 13.1. The van der Waals surface area contributed by atoms with Crippen LogP contribution in [0.15, 0.2) is 72.5 Å². The number of carbonyl (C=O) groups is 2. The minimum atomic E-state index is -0.412. The lowest BCUT2D eigenvalue weighted by atomic mass is 9.83. The van der Waals surface area contributed by atoms with Crippen molar-refractivity contribution in [1.82, 2.24) is 4.90 Å². The molecule has 0 N–H and O–H groups in total. The first-order valence-corrected chi connectivity index (χ1v) is 9.93. The van der Waals surface area contributed by atoms with Gasteiger partial charge in [0.1, 0.15) is 12.4 Å². The number of methoxy groups -OCH3 is 1. The fourth-order valence-electron chi connectivity index (χ4n) is 3.68. The number of benzene rings is 2. The molecule has 0 fully saturated rings. The summed E-state index contributed by atoms with van der Waals surface area (Å²) in [6.45, 7) is 7.94. The minimum absolute atomic E-state index is 0.0193. The molecule has 1 atom stereocenters. The van der Waals surface area contributed by atoms with E-state index in [1.807, 2.05) is 62.4 Å². The van der Waals surface area contributed by atoms with Gasteiger partial charge in [-0.1, -0.05) is 54.6 Å². The molecule has 156 valence electrons. The van der Waals surface area contributed by atoms with Crippen molar-refractivity contribution in [3.63, 3.8) is 0 Å². The average molecular weight is 405 g/mol. The molecule has 0 radical (unpaired) electrons. The predicted octanol–water partition coefficient (Wildman–Crippen LogP) is 4.52. The van der Waals surface area contributed by atoms with Gasteiger partial charge in [-0.3, -0.25) is 4.79 Å². The molecule has 0 spiro atoms. The zero-order valence-corrected chi connectivity index (χ0v) is 17.7. The highest BCUT2D eigenvalue weighted by molar-refractivity contribution is 5.95. The molecule has 1 heterocycles. The maximum absolute atomic E-state index is 13.1. The Labute approximate surface area is 177 Å². The normalized spacial score (nSPS) is 16.4. The summed E-state index contributed by atoms with van der Waals surface area (Å²) in [4.78, 5) is 27.7. The van der Waals surface area contributed by atoms with Gasteiger partial charge in [0.15, 0.2) is 0 Å². The number of hydrogen-bond acceptors (Lipinski definition) is 4. The molecule has 0 saturated heterocycles. The van der Waals surface area contributed by atoms with Gasteiger partial charge in [-0.05, 0) is 37.1 Å². The van der Waals surface area contributed by atoms with E-state index in [-0.39, 0.29) is 24.9 Å². The third-order valence-electron chi connectivity index (χ3n) is 5.35. The number of rotatable bonds is 7. The second-order valence-electron chi connectivity index (χ2n) is 7.38. The van der Waals surface area contributed by atoms with Gasteiger partial charge < -0.3 is 14.4 Å². The van der Waals surface area contributed by atoms with Crippen LogP contribution in [0.4, 0.5) is 0 Å². The van der Waals surface area contributed by atoms with E-state index >= 15 is 0 Å². The molecule has 1 aliphatic rings. The molecule has 30 heavy (non-hydrogen) atoms. The SMILES string of the molecule is C=CCOC(=O)C1=C(C)N(Cc2ccc(OC)cc2)C(=O)C[C@@H]1c1ccc(C)cc1. The standard InChI is InChI=1S/C25H27NO4/c1-5-14-30-25(28)24-18(3)26(16-19-8-12-21(29-4)13-9-19)23(27)15-22(24)20-10-6-17(2)7-11-20/h5-13,22H,1,14-16H2,2-4H3/t22-/m1/s1. The van der Waals surface area contributed by atoms with Crippen LogP contribution in [0.3, 0.4) is 0 Å². The van der Waals surface area contributed by atoms with Gasteiger partial charge in [0.05, 0.1) is 19.2 Å². The summed E-state index contributed by atoms with van der Waals surface area (Å²) >= 11 is 0. The smallest absolute Gasteiger partial charge is 0.336 e. The highest BCUT2D eigenvalue weighted by Crippen LogP contribution is 2.37. The van der Waals surface area contributed by atoms with Gasteiger partial charge in [0.2, 0.25) is 5.91 Å². The molecule has 0 bridgehead atoms. The largest absolute Gasteiger partial charge is 0.497 e. The third kappa shape index (κ3) is 4.62. The van der Waals surface area contributed by atoms with Crippen LogP contribution in [0, 0.1) is 6.92 Å². The number of ether oxygens (including phenoxy) is 2. The number of esters is 1. The second kappa shape index (κ2) is 9.44. The van der Waals surface area contributed by atoms with E-state index in [9.17, 15) is 9.59 Å². The molecular formula is C25H27NO4. The van der Waals surface area contributed by atoms with E-state index < -0.39 is 5.97 Å². The first-order valence-electron chi connectivity index (χ1n) is 9.93. The molecule has 0 aliphatic carbocycles. The van der Waals surface area contributed by atoms with Crippen molar-refractivity contribution >= 4 is 11.9 Å². The van der Waals surface area contributed by atoms with Gasteiger partial charge >= 0.3 is 5.97 Å². The van der Waals surface area contributed by atoms with Crippen molar-refractivity contribution in [3.05, 3.63) is 89.1 Å². The number of allylic oxidation sites excluding steroid dienone is 1. The zero-order chi connectivity index (χ0) is 21.7. The van der Waals surface area contributed by atoms with E-state index in [1.165, 1.54) is 6.08 Å². The molecule has 0 aromatic heterocycles. The molecule has 5 nitrogen and oxygen atoms in total. The number of carbonyl (C=O) groups excluding carboxylic acids is 2. The number of hydrogen-bond donors (Lipinski definition) is 0. The Kier molecular flexibility index (Phi) is 6.72. The van der Waals surface area contributed by atoms with Gasteiger partial charge in [0, 0.05) is 18.0 Å². The monoisotopic (exact) mass is 405 g/mol. The first-order chi connectivity index (χ1) is 14.4. The van der Waals surface area contributed by atoms with Crippen molar-refractivity contribution in [2.75, 3.05) is 13.7 Å².